The quantitative estimate of drug-likeness (QED) is 0.356. The van der Waals surface area contributed by atoms with E-state index >= 15 is 0 Å². The number of hydrogen-bond donors (Lipinski definition) is 2. The van der Waals surface area contributed by atoms with Crippen molar-refractivity contribution in [3.05, 3.63) is 29.8 Å². The zero-order valence-corrected chi connectivity index (χ0v) is 9.21. The Labute approximate surface area is 97.9 Å². The average Bonchev–Trinajstić information content (AvgIpc) is 2.30. The molecule has 1 aromatic carbocycles. The molecule has 0 aliphatic heterocycles. The van der Waals surface area contributed by atoms with Crippen LogP contribution in [0.15, 0.2) is 29.4 Å². The smallest absolute Gasteiger partial charge is 0.338 e. The molecule has 2 N–H and O–H groups in total. The fourth-order valence-corrected chi connectivity index (χ4v) is 1.13. The van der Waals surface area contributed by atoms with Crippen LogP contribution in [-0.2, 0) is 9.53 Å². The van der Waals surface area contributed by atoms with E-state index in [2.05, 4.69) is 10.5 Å². The number of anilines is 1. The first-order valence-electron chi connectivity index (χ1n) is 4.93. The highest BCUT2D eigenvalue weighted by atomic mass is 16.5. The van der Waals surface area contributed by atoms with Crippen LogP contribution in [0.4, 0.5) is 5.69 Å². The van der Waals surface area contributed by atoms with Crippen molar-refractivity contribution in [3.63, 3.8) is 0 Å². The third-order valence-electron chi connectivity index (χ3n) is 1.84. The third-order valence-corrected chi connectivity index (χ3v) is 1.84. The van der Waals surface area contributed by atoms with Gasteiger partial charge in [-0.3, -0.25) is 4.79 Å². The van der Waals surface area contributed by atoms with E-state index in [0.29, 0.717) is 17.9 Å². The first-order chi connectivity index (χ1) is 8.17. The summed E-state index contributed by atoms with van der Waals surface area (Å²) < 4.78 is 4.81. The van der Waals surface area contributed by atoms with Crippen molar-refractivity contribution in [2.75, 3.05) is 11.9 Å². The normalized spacial score (nSPS) is 10.2. The van der Waals surface area contributed by atoms with E-state index in [-0.39, 0.29) is 0 Å². The average molecular weight is 236 g/mol. The molecule has 17 heavy (non-hydrogen) atoms. The topological polar surface area (TPSA) is 88.0 Å². The SMILES string of the molecule is CCOC(=O)c1ccc(NC(=O)/C=N\O)cc1. The van der Waals surface area contributed by atoms with Crippen molar-refractivity contribution in [3.8, 4) is 0 Å². The molecule has 1 amide bonds. The first kappa shape index (κ1) is 12.7. The minimum Gasteiger partial charge on any atom is -0.462 e. The van der Waals surface area contributed by atoms with Gasteiger partial charge in [-0.2, -0.15) is 0 Å². The van der Waals surface area contributed by atoms with Gasteiger partial charge in [0.1, 0.15) is 6.21 Å². The Morgan fingerprint density at radius 2 is 2.06 bits per heavy atom. The van der Waals surface area contributed by atoms with Crippen LogP contribution in [0, 0.1) is 0 Å². The predicted molar refractivity (Wildman–Crippen MR) is 61.3 cm³/mol. The predicted octanol–water partition coefficient (Wildman–Crippen LogP) is 1.26. The summed E-state index contributed by atoms with van der Waals surface area (Å²) in [6.45, 7) is 2.03. The molecule has 6 nitrogen and oxygen atoms in total. The molecule has 1 rings (SSSR count). The van der Waals surface area contributed by atoms with E-state index in [1.807, 2.05) is 0 Å². The van der Waals surface area contributed by atoms with Gasteiger partial charge in [-0.05, 0) is 31.2 Å². The van der Waals surface area contributed by atoms with Crippen LogP contribution in [0.25, 0.3) is 0 Å². The molecule has 0 heterocycles. The van der Waals surface area contributed by atoms with E-state index in [4.69, 9.17) is 9.94 Å². The molecule has 6 heteroatoms. The van der Waals surface area contributed by atoms with Gasteiger partial charge in [0.2, 0.25) is 0 Å². The van der Waals surface area contributed by atoms with Crippen LogP contribution < -0.4 is 5.32 Å². The molecule has 0 aliphatic rings. The number of rotatable bonds is 4. The lowest BCUT2D eigenvalue weighted by Gasteiger charge is -2.04. The molecule has 0 radical (unpaired) electrons. The molecule has 0 bridgehead atoms. The van der Waals surface area contributed by atoms with Gasteiger partial charge in [0.25, 0.3) is 5.91 Å². The van der Waals surface area contributed by atoms with Crippen molar-refractivity contribution in [1.29, 1.82) is 0 Å². The summed E-state index contributed by atoms with van der Waals surface area (Å²) in [5.41, 5.74) is 0.892. The van der Waals surface area contributed by atoms with Crippen LogP contribution in [0.2, 0.25) is 0 Å². The number of hydrogen-bond acceptors (Lipinski definition) is 5. The van der Waals surface area contributed by atoms with Gasteiger partial charge in [0.15, 0.2) is 0 Å². The Morgan fingerprint density at radius 1 is 1.41 bits per heavy atom. The number of carbonyl (C=O) groups is 2. The summed E-state index contributed by atoms with van der Waals surface area (Å²) in [6, 6.07) is 6.16. The lowest BCUT2D eigenvalue weighted by Crippen LogP contribution is -2.12. The van der Waals surface area contributed by atoms with Crippen molar-refractivity contribution in [1.82, 2.24) is 0 Å². The zero-order valence-electron chi connectivity index (χ0n) is 9.21. The minimum absolute atomic E-state index is 0.310. The molecular weight excluding hydrogens is 224 g/mol. The Kier molecular flexibility index (Phi) is 4.68. The number of amides is 1. The third kappa shape index (κ3) is 3.94. The number of carbonyl (C=O) groups excluding carboxylic acids is 2. The Morgan fingerprint density at radius 3 is 2.59 bits per heavy atom. The summed E-state index contributed by atoms with van der Waals surface area (Å²) in [4.78, 5) is 22.3. The fourth-order valence-electron chi connectivity index (χ4n) is 1.13. The molecule has 0 aromatic heterocycles. The number of ether oxygens (including phenoxy) is 1. The van der Waals surface area contributed by atoms with E-state index in [1.54, 1.807) is 19.1 Å². The van der Waals surface area contributed by atoms with Gasteiger partial charge >= 0.3 is 5.97 Å². The number of nitrogens with one attached hydrogen (secondary N) is 1. The fraction of sp³-hybridized carbons (Fsp3) is 0.182. The minimum atomic E-state index is -0.559. The molecule has 0 saturated carbocycles. The molecule has 0 atom stereocenters. The van der Waals surface area contributed by atoms with Crippen LogP contribution in [0.5, 0.6) is 0 Å². The van der Waals surface area contributed by atoms with Gasteiger partial charge in [-0.15, -0.1) is 0 Å². The molecule has 0 aliphatic carbocycles. The van der Waals surface area contributed by atoms with Crippen molar-refractivity contribution in [2.45, 2.75) is 6.92 Å². The van der Waals surface area contributed by atoms with Crippen molar-refractivity contribution in [2.24, 2.45) is 5.16 Å². The van der Waals surface area contributed by atoms with E-state index < -0.39 is 11.9 Å². The maximum absolute atomic E-state index is 11.3. The summed E-state index contributed by atoms with van der Waals surface area (Å²) in [6.07, 6.45) is 0.735. The highest BCUT2D eigenvalue weighted by molar-refractivity contribution is 6.31. The molecule has 0 spiro atoms. The molecule has 90 valence electrons. The highest BCUT2D eigenvalue weighted by Crippen LogP contribution is 2.10. The van der Waals surface area contributed by atoms with Crippen LogP contribution in [0.3, 0.4) is 0 Å². The lowest BCUT2D eigenvalue weighted by atomic mass is 10.2. The molecule has 0 fully saturated rings. The lowest BCUT2D eigenvalue weighted by molar-refractivity contribution is -0.110. The summed E-state index contributed by atoms with van der Waals surface area (Å²) in [5.74, 6) is -0.973. The van der Waals surface area contributed by atoms with Gasteiger partial charge in [0.05, 0.1) is 12.2 Å². The monoisotopic (exact) mass is 236 g/mol. The molecule has 1 aromatic rings. The summed E-state index contributed by atoms with van der Waals surface area (Å²) in [5, 5.41) is 13.2. The Hall–Kier alpha value is -2.37. The maximum Gasteiger partial charge on any atom is 0.338 e. The standard InChI is InChI=1S/C11H12N2O4/c1-2-17-11(15)8-3-5-9(6-4-8)13-10(14)7-12-16/h3-7,16H,2H2,1H3,(H,13,14)/b12-7-. The summed E-state index contributed by atoms with van der Waals surface area (Å²) in [7, 11) is 0. The number of esters is 1. The number of oxime groups is 1. The van der Waals surface area contributed by atoms with E-state index in [1.165, 1.54) is 12.1 Å². The van der Waals surface area contributed by atoms with Crippen molar-refractivity contribution < 1.29 is 19.5 Å². The summed E-state index contributed by atoms with van der Waals surface area (Å²) >= 11 is 0. The van der Waals surface area contributed by atoms with E-state index in [9.17, 15) is 9.59 Å². The van der Waals surface area contributed by atoms with Gasteiger partial charge in [-0.25, -0.2) is 4.79 Å². The first-order valence-corrected chi connectivity index (χ1v) is 4.93. The van der Waals surface area contributed by atoms with Crippen LogP contribution in [-0.4, -0.2) is 29.9 Å². The zero-order chi connectivity index (χ0) is 12.7. The second-order valence-corrected chi connectivity index (χ2v) is 3.03. The Bertz CT molecular complexity index is 426. The Balaban J connectivity index is 2.68. The molecule has 0 saturated heterocycles. The molecular formula is C11H12N2O4. The number of benzene rings is 1. The largest absolute Gasteiger partial charge is 0.462 e. The molecule has 0 unspecified atom stereocenters. The van der Waals surface area contributed by atoms with Crippen LogP contribution >= 0.6 is 0 Å². The van der Waals surface area contributed by atoms with Gasteiger partial charge < -0.3 is 15.3 Å². The number of nitrogens with zero attached hydrogens (tertiary/aromatic N) is 1. The maximum atomic E-state index is 11.3. The second kappa shape index (κ2) is 6.26. The highest BCUT2D eigenvalue weighted by Gasteiger charge is 2.06. The van der Waals surface area contributed by atoms with Crippen molar-refractivity contribution >= 4 is 23.8 Å². The van der Waals surface area contributed by atoms with Gasteiger partial charge in [0, 0.05) is 5.69 Å². The second-order valence-electron chi connectivity index (χ2n) is 3.03. The van der Waals surface area contributed by atoms with E-state index in [0.717, 1.165) is 6.21 Å². The van der Waals surface area contributed by atoms with Gasteiger partial charge in [-0.1, -0.05) is 5.16 Å². The van der Waals surface area contributed by atoms with Crippen LogP contribution in [0.1, 0.15) is 17.3 Å².